The van der Waals surface area contributed by atoms with Gasteiger partial charge in [0.15, 0.2) is 0 Å². The van der Waals surface area contributed by atoms with Crippen molar-refractivity contribution in [2.75, 3.05) is 25.4 Å². The molecule has 2 aliphatic rings. The number of rotatable bonds is 7. The number of carbonyl (C=O) groups excluding carboxylic acids is 2. The lowest BCUT2D eigenvalue weighted by atomic mass is 10.0. The summed E-state index contributed by atoms with van der Waals surface area (Å²) in [6.45, 7) is 2.37. The third kappa shape index (κ3) is 5.45. The van der Waals surface area contributed by atoms with Crippen molar-refractivity contribution < 1.29 is 14.0 Å². The van der Waals surface area contributed by atoms with Gasteiger partial charge in [-0.3, -0.25) is 14.5 Å². The Labute approximate surface area is 197 Å². The van der Waals surface area contributed by atoms with Crippen LogP contribution in [-0.2, 0) is 16.0 Å². The Morgan fingerprint density at radius 3 is 2.62 bits per heavy atom. The second kappa shape index (κ2) is 10.7. The Morgan fingerprint density at radius 2 is 1.91 bits per heavy atom. The summed E-state index contributed by atoms with van der Waals surface area (Å²) in [5.41, 5.74) is 1.51. The number of nitrogens with one attached hydrogen (secondary N) is 2. The average Bonchev–Trinajstić information content (AvgIpc) is 3.32. The third-order valence-electron chi connectivity index (χ3n) is 6.07. The summed E-state index contributed by atoms with van der Waals surface area (Å²) in [6.07, 6.45) is 2.57. The van der Waals surface area contributed by atoms with Crippen molar-refractivity contribution >= 4 is 35.2 Å². The third-order valence-corrected chi connectivity index (χ3v) is 7.72. The molecule has 4 rings (SSSR count). The molecule has 2 aromatic carbocycles. The van der Waals surface area contributed by atoms with E-state index in [0.717, 1.165) is 31.5 Å². The highest BCUT2D eigenvalue weighted by molar-refractivity contribution is 8.00. The van der Waals surface area contributed by atoms with Crippen molar-refractivity contribution in [3.8, 4) is 0 Å². The van der Waals surface area contributed by atoms with Gasteiger partial charge < -0.3 is 10.6 Å². The van der Waals surface area contributed by atoms with Crippen LogP contribution in [0.25, 0.3) is 0 Å². The van der Waals surface area contributed by atoms with Crippen molar-refractivity contribution in [1.29, 1.82) is 0 Å². The standard InChI is InChI=1S/C24H27ClFN3O2S/c25-18-9-3-2-8-17(18)21(29-11-5-6-12-29)14-27-23(30)20-15-32-22(24(31)28-20)13-16-7-1-4-10-19(16)26/h1-4,7-10,20-22H,5-6,11-15H2,(H,27,30)(H,28,31)/t20-,21-,22+/m1/s1. The van der Waals surface area contributed by atoms with Crippen LogP contribution < -0.4 is 10.6 Å². The van der Waals surface area contributed by atoms with Crippen LogP contribution in [0.4, 0.5) is 4.39 Å². The number of thioether (sulfide) groups is 1. The van der Waals surface area contributed by atoms with Gasteiger partial charge in [-0.15, -0.1) is 11.8 Å². The molecule has 2 aromatic rings. The van der Waals surface area contributed by atoms with Crippen molar-refractivity contribution in [2.45, 2.75) is 36.6 Å². The number of nitrogens with zero attached hydrogens (tertiary/aromatic N) is 1. The minimum Gasteiger partial charge on any atom is -0.352 e. The van der Waals surface area contributed by atoms with Crippen LogP contribution in [-0.4, -0.2) is 53.4 Å². The van der Waals surface area contributed by atoms with Crippen LogP contribution in [0.2, 0.25) is 5.02 Å². The maximum Gasteiger partial charge on any atom is 0.243 e. The van der Waals surface area contributed by atoms with E-state index in [4.69, 9.17) is 11.6 Å². The predicted molar refractivity (Wildman–Crippen MR) is 126 cm³/mol. The Morgan fingerprint density at radius 1 is 1.19 bits per heavy atom. The van der Waals surface area contributed by atoms with Crippen molar-refractivity contribution in [3.63, 3.8) is 0 Å². The van der Waals surface area contributed by atoms with Gasteiger partial charge in [0.2, 0.25) is 11.8 Å². The smallest absolute Gasteiger partial charge is 0.243 e. The quantitative estimate of drug-likeness (QED) is 0.642. The predicted octanol–water partition coefficient (Wildman–Crippen LogP) is 3.58. The van der Waals surface area contributed by atoms with Gasteiger partial charge in [-0.25, -0.2) is 4.39 Å². The van der Waals surface area contributed by atoms with Crippen molar-refractivity contribution in [3.05, 3.63) is 70.5 Å². The first-order valence-electron chi connectivity index (χ1n) is 10.9. The first-order chi connectivity index (χ1) is 15.5. The van der Waals surface area contributed by atoms with Gasteiger partial charge in [0, 0.05) is 17.3 Å². The van der Waals surface area contributed by atoms with E-state index in [1.807, 2.05) is 24.3 Å². The molecule has 0 bridgehead atoms. The molecule has 0 aliphatic carbocycles. The average molecular weight is 476 g/mol. The van der Waals surface area contributed by atoms with E-state index in [1.165, 1.54) is 17.8 Å². The van der Waals surface area contributed by atoms with E-state index in [0.29, 0.717) is 29.3 Å². The number of halogens is 2. The maximum atomic E-state index is 13.9. The Kier molecular flexibility index (Phi) is 7.71. The van der Waals surface area contributed by atoms with Crippen LogP contribution in [0.3, 0.4) is 0 Å². The summed E-state index contributed by atoms with van der Waals surface area (Å²) in [6, 6.07) is 13.6. The largest absolute Gasteiger partial charge is 0.352 e. The minimum absolute atomic E-state index is 0.00380. The molecule has 2 N–H and O–H groups in total. The lowest BCUT2D eigenvalue weighted by Gasteiger charge is -2.31. The van der Waals surface area contributed by atoms with Gasteiger partial charge in [-0.1, -0.05) is 48.0 Å². The molecule has 8 heteroatoms. The normalized spacial score (nSPS) is 22.4. The number of amides is 2. The van der Waals surface area contributed by atoms with E-state index in [-0.39, 0.29) is 23.7 Å². The molecule has 0 unspecified atom stereocenters. The van der Waals surface area contributed by atoms with Gasteiger partial charge in [0.1, 0.15) is 11.9 Å². The zero-order valence-corrected chi connectivity index (χ0v) is 19.3. The van der Waals surface area contributed by atoms with Crippen LogP contribution in [0.15, 0.2) is 48.5 Å². The van der Waals surface area contributed by atoms with Gasteiger partial charge in [0.25, 0.3) is 0 Å². The molecule has 5 nitrogen and oxygen atoms in total. The lowest BCUT2D eigenvalue weighted by Crippen LogP contribution is -2.55. The monoisotopic (exact) mass is 475 g/mol. The van der Waals surface area contributed by atoms with Crippen LogP contribution in [0.5, 0.6) is 0 Å². The first kappa shape index (κ1) is 23.1. The summed E-state index contributed by atoms with van der Waals surface area (Å²) in [4.78, 5) is 27.8. The van der Waals surface area contributed by atoms with E-state index < -0.39 is 11.3 Å². The van der Waals surface area contributed by atoms with E-state index in [9.17, 15) is 14.0 Å². The molecular weight excluding hydrogens is 449 g/mol. The SMILES string of the molecule is O=C1N[C@@H](C(=O)NC[C@H](c2ccccc2Cl)N2CCCC2)CS[C@H]1Cc1ccccc1F. The highest BCUT2D eigenvalue weighted by Gasteiger charge is 2.33. The molecule has 2 heterocycles. The van der Waals surface area contributed by atoms with E-state index in [2.05, 4.69) is 15.5 Å². The van der Waals surface area contributed by atoms with Gasteiger partial charge >= 0.3 is 0 Å². The Bertz CT molecular complexity index is 970. The molecule has 2 aliphatic heterocycles. The van der Waals surface area contributed by atoms with E-state index >= 15 is 0 Å². The summed E-state index contributed by atoms with van der Waals surface area (Å²) >= 11 is 7.85. The van der Waals surface area contributed by atoms with Crippen LogP contribution in [0, 0.1) is 5.82 Å². The molecule has 0 aromatic heterocycles. The van der Waals surface area contributed by atoms with Gasteiger partial charge in [0.05, 0.1) is 11.3 Å². The fourth-order valence-corrected chi connectivity index (χ4v) is 5.74. The first-order valence-corrected chi connectivity index (χ1v) is 12.4. The molecule has 2 saturated heterocycles. The molecular formula is C24H27ClFN3O2S. The number of likely N-dealkylation sites (tertiary alicyclic amines) is 1. The summed E-state index contributed by atoms with van der Waals surface area (Å²) in [5.74, 6) is -0.288. The van der Waals surface area contributed by atoms with Crippen molar-refractivity contribution in [2.24, 2.45) is 0 Å². The number of carbonyl (C=O) groups is 2. The topological polar surface area (TPSA) is 61.4 Å². The molecule has 3 atom stereocenters. The van der Waals surface area contributed by atoms with Crippen LogP contribution in [0.1, 0.15) is 30.0 Å². The molecule has 32 heavy (non-hydrogen) atoms. The molecule has 2 fully saturated rings. The van der Waals surface area contributed by atoms with Crippen LogP contribution >= 0.6 is 23.4 Å². The zero-order valence-electron chi connectivity index (χ0n) is 17.7. The second-order valence-electron chi connectivity index (χ2n) is 8.20. The Balaban J connectivity index is 1.35. The zero-order chi connectivity index (χ0) is 22.5. The maximum absolute atomic E-state index is 13.9. The second-order valence-corrected chi connectivity index (χ2v) is 9.85. The number of hydrogen-bond donors (Lipinski definition) is 2. The molecule has 0 spiro atoms. The summed E-state index contributed by atoms with van der Waals surface area (Å²) in [7, 11) is 0. The van der Waals surface area contributed by atoms with Gasteiger partial charge in [-0.2, -0.15) is 0 Å². The molecule has 170 valence electrons. The van der Waals surface area contributed by atoms with E-state index in [1.54, 1.807) is 18.2 Å². The molecule has 0 radical (unpaired) electrons. The highest BCUT2D eigenvalue weighted by Crippen LogP contribution is 2.30. The van der Waals surface area contributed by atoms with Gasteiger partial charge in [-0.05, 0) is 55.6 Å². The number of hydrogen-bond acceptors (Lipinski definition) is 4. The fourth-order valence-electron chi connectivity index (χ4n) is 4.31. The molecule has 0 saturated carbocycles. The number of benzene rings is 2. The lowest BCUT2D eigenvalue weighted by molar-refractivity contribution is -0.128. The van der Waals surface area contributed by atoms with Crippen molar-refractivity contribution in [1.82, 2.24) is 15.5 Å². The summed E-state index contributed by atoms with van der Waals surface area (Å²) in [5, 5.41) is 6.12. The Hall–Kier alpha value is -2.09. The highest BCUT2D eigenvalue weighted by atomic mass is 35.5. The molecule has 2 amide bonds. The fraction of sp³-hybridized carbons (Fsp3) is 0.417. The summed E-state index contributed by atoms with van der Waals surface area (Å²) < 4.78 is 13.9. The minimum atomic E-state index is -0.602.